The highest BCUT2D eigenvalue weighted by atomic mass is 32.2. The summed E-state index contributed by atoms with van der Waals surface area (Å²) in [6.07, 6.45) is 2.35. The van der Waals surface area contributed by atoms with Gasteiger partial charge in [-0.25, -0.2) is 4.68 Å². The van der Waals surface area contributed by atoms with Gasteiger partial charge in [0.1, 0.15) is 0 Å². The van der Waals surface area contributed by atoms with Crippen LogP contribution in [-0.2, 0) is 7.05 Å². The summed E-state index contributed by atoms with van der Waals surface area (Å²) in [5, 5.41) is 15.5. The Bertz CT molecular complexity index is 250. The number of nitrogens with one attached hydrogen (secondary N) is 1. The number of nitrogens with zero attached hydrogens (tertiary/aromatic N) is 4. The van der Waals surface area contributed by atoms with Crippen LogP contribution >= 0.6 is 11.8 Å². The Kier molecular flexibility index (Phi) is 5.55. The average molecular weight is 215 g/mol. The number of tetrazole rings is 1. The van der Waals surface area contributed by atoms with Crippen LogP contribution in [-0.4, -0.2) is 39.0 Å². The fraction of sp³-hybridized carbons (Fsp3) is 0.875. The highest BCUT2D eigenvalue weighted by molar-refractivity contribution is 7.99. The molecule has 0 unspecified atom stereocenters. The molecule has 1 rings (SSSR count). The summed E-state index contributed by atoms with van der Waals surface area (Å²) in [5.74, 6) is 1.06. The van der Waals surface area contributed by atoms with Gasteiger partial charge in [0.2, 0.25) is 5.16 Å². The minimum atomic E-state index is 0.889. The summed E-state index contributed by atoms with van der Waals surface area (Å²) in [6, 6.07) is 0. The largest absolute Gasteiger partial charge is 0.317 e. The van der Waals surface area contributed by atoms with E-state index in [0.29, 0.717) is 0 Å². The number of hydrogen-bond acceptors (Lipinski definition) is 5. The molecule has 0 saturated heterocycles. The summed E-state index contributed by atoms with van der Waals surface area (Å²) in [6.45, 7) is 4.36. The van der Waals surface area contributed by atoms with Gasteiger partial charge in [-0.15, -0.1) is 5.10 Å². The van der Waals surface area contributed by atoms with E-state index in [2.05, 4.69) is 27.8 Å². The van der Waals surface area contributed by atoms with Gasteiger partial charge in [0.15, 0.2) is 0 Å². The Balaban J connectivity index is 2.02. The SMILES string of the molecule is CCCNCCCSc1nnnn1C. The zero-order valence-electron chi connectivity index (χ0n) is 8.73. The van der Waals surface area contributed by atoms with Crippen molar-refractivity contribution < 1.29 is 0 Å². The second-order valence-electron chi connectivity index (χ2n) is 3.04. The van der Waals surface area contributed by atoms with E-state index in [1.165, 1.54) is 6.42 Å². The van der Waals surface area contributed by atoms with E-state index in [4.69, 9.17) is 0 Å². The molecule has 0 amide bonds. The van der Waals surface area contributed by atoms with Gasteiger partial charge in [0.25, 0.3) is 0 Å². The van der Waals surface area contributed by atoms with Gasteiger partial charge in [0, 0.05) is 12.8 Å². The summed E-state index contributed by atoms with van der Waals surface area (Å²) in [7, 11) is 1.86. The van der Waals surface area contributed by atoms with E-state index in [-0.39, 0.29) is 0 Å². The first-order chi connectivity index (χ1) is 6.84. The molecule has 14 heavy (non-hydrogen) atoms. The number of hydrogen-bond donors (Lipinski definition) is 1. The maximum absolute atomic E-state index is 3.89. The summed E-state index contributed by atoms with van der Waals surface area (Å²) in [4.78, 5) is 0. The van der Waals surface area contributed by atoms with Crippen molar-refractivity contribution in [1.29, 1.82) is 0 Å². The van der Waals surface area contributed by atoms with Crippen molar-refractivity contribution in [2.75, 3.05) is 18.8 Å². The van der Waals surface area contributed by atoms with Gasteiger partial charge in [-0.05, 0) is 36.4 Å². The van der Waals surface area contributed by atoms with Crippen LogP contribution in [0.1, 0.15) is 19.8 Å². The monoisotopic (exact) mass is 215 g/mol. The summed E-state index contributed by atoms with van der Waals surface area (Å²) >= 11 is 1.70. The van der Waals surface area contributed by atoms with Crippen molar-refractivity contribution in [3.8, 4) is 0 Å². The molecule has 1 heterocycles. The Hall–Kier alpha value is -0.620. The van der Waals surface area contributed by atoms with E-state index in [9.17, 15) is 0 Å². The molecule has 0 spiro atoms. The molecule has 5 nitrogen and oxygen atoms in total. The van der Waals surface area contributed by atoms with E-state index in [0.717, 1.165) is 30.4 Å². The van der Waals surface area contributed by atoms with Crippen molar-refractivity contribution in [3.63, 3.8) is 0 Å². The number of rotatable bonds is 7. The lowest BCUT2D eigenvalue weighted by atomic mass is 10.4. The first-order valence-corrected chi connectivity index (χ1v) is 5.89. The number of thioether (sulfide) groups is 1. The fourth-order valence-corrected chi connectivity index (χ4v) is 1.79. The molecule has 0 radical (unpaired) electrons. The molecule has 0 saturated carbocycles. The molecule has 1 aromatic heterocycles. The van der Waals surface area contributed by atoms with E-state index in [1.54, 1.807) is 16.4 Å². The molecule has 0 aliphatic rings. The lowest BCUT2D eigenvalue weighted by molar-refractivity contribution is 0.657. The lowest BCUT2D eigenvalue weighted by Gasteiger charge is -2.01. The number of aryl methyl sites for hydroxylation is 1. The molecule has 0 aliphatic carbocycles. The van der Waals surface area contributed by atoms with Crippen LogP contribution in [0.25, 0.3) is 0 Å². The molecular formula is C8H17N5S. The maximum atomic E-state index is 3.89. The molecule has 1 aromatic rings. The van der Waals surface area contributed by atoms with Gasteiger partial charge in [-0.2, -0.15) is 0 Å². The molecular weight excluding hydrogens is 198 g/mol. The van der Waals surface area contributed by atoms with Crippen LogP contribution in [0.3, 0.4) is 0 Å². The van der Waals surface area contributed by atoms with E-state index >= 15 is 0 Å². The Morgan fingerprint density at radius 1 is 1.43 bits per heavy atom. The predicted molar refractivity (Wildman–Crippen MR) is 57.3 cm³/mol. The standard InChI is InChI=1S/C8H17N5S/c1-3-5-9-6-4-7-14-8-10-11-12-13(8)2/h9H,3-7H2,1-2H3. The fourth-order valence-electron chi connectivity index (χ4n) is 1.01. The topological polar surface area (TPSA) is 55.6 Å². The third kappa shape index (κ3) is 4.06. The second-order valence-corrected chi connectivity index (χ2v) is 4.10. The van der Waals surface area contributed by atoms with E-state index < -0.39 is 0 Å². The highest BCUT2D eigenvalue weighted by Crippen LogP contribution is 2.12. The molecule has 0 fully saturated rings. The Labute approximate surface area is 88.6 Å². The zero-order chi connectivity index (χ0) is 10.2. The lowest BCUT2D eigenvalue weighted by Crippen LogP contribution is -2.16. The highest BCUT2D eigenvalue weighted by Gasteiger charge is 2.00. The normalized spacial score (nSPS) is 10.7. The average Bonchev–Trinajstić information content (AvgIpc) is 2.58. The van der Waals surface area contributed by atoms with Gasteiger partial charge in [0.05, 0.1) is 0 Å². The number of aromatic nitrogens is 4. The quantitative estimate of drug-likeness (QED) is 0.536. The van der Waals surface area contributed by atoms with Gasteiger partial charge in [-0.1, -0.05) is 18.7 Å². The molecule has 0 aromatic carbocycles. The smallest absolute Gasteiger partial charge is 0.209 e. The molecule has 0 bridgehead atoms. The summed E-state index contributed by atoms with van der Waals surface area (Å²) < 4.78 is 1.70. The third-order valence-corrected chi connectivity index (χ3v) is 2.83. The van der Waals surface area contributed by atoms with Gasteiger partial charge in [-0.3, -0.25) is 0 Å². The van der Waals surface area contributed by atoms with Crippen LogP contribution in [0.5, 0.6) is 0 Å². The van der Waals surface area contributed by atoms with Crippen LogP contribution in [0.4, 0.5) is 0 Å². The molecule has 0 aliphatic heterocycles. The van der Waals surface area contributed by atoms with E-state index in [1.807, 2.05) is 7.05 Å². The van der Waals surface area contributed by atoms with Crippen molar-refractivity contribution in [3.05, 3.63) is 0 Å². The first-order valence-electron chi connectivity index (χ1n) is 4.90. The molecule has 1 N–H and O–H groups in total. The van der Waals surface area contributed by atoms with Gasteiger partial charge < -0.3 is 5.32 Å². The van der Waals surface area contributed by atoms with Crippen LogP contribution in [0.15, 0.2) is 5.16 Å². The minimum absolute atomic E-state index is 0.889. The third-order valence-electron chi connectivity index (χ3n) is 1.74. The van der Waals surface area contributed by atoms with Crippen molar-refractivity contribution >= 4 is 11.8 Å². The van der Waals surface area contributed by atoms with Crippen molar-refractivity contribution in [2.24, 2.45) is 7.05 Å². The zero-order valence-corrected chi connectivity index (χ0v) is 9.55. The molecule has 0 atom stereocenters. The second kappa shape index (κ2) is 6.78. The van der Waals surface area contributed by atoms with Crippen LogP contribution < -0.4 is 5.32 Å². The Morgan fingerprint density at radius 3 is 2.93 bits per heavy atom. The molecule has 6 heteroatoms. The predicted octanol–water partition coefficient (Wildman–Crippen LogP) is 0.692. The van der Waals surface area contributed by atoms with Crippen molar-refractivity contribution in [1.82, 2.24) is 25.5 Å². The van der Waals surface area contributed by atoms with Gasteiger partial charge >= 0.3 is 0 Å². The maximum Gasteiger partial charge on any atom is 0.209 e. The first kappa shape index (κ1) is 11.5. The minimum Gasteiger partial charge on any atom is -0.317 e. The summed E-state index contributed by atoms with van der Waals surface area (Å²) in [5.41, 5.74) is 0. The Morgan fingerprint density at radius 2 is 2.29 bits per heavy atom. The molecule has 80 valence electrons. The van der Waals surface area contributed by atoms with Crippen LogP contribution in [0.2, 0.25) is 0 Å². The van der Waals surface area contributed by atoms with Crippen LogP contribution in [0, 0.1) is 0 Å². The van der Waals surface area contributed by atoms with Crippen molar-refractivity contribution in [2.45, 2.75) is 24.9 Å².